The summed E-state index contributed by atoms with van der Waals surface area (Å²) in [5, 5.41) is 2.69. The van der Waals surface area contributed by atoms with Crippen molar-refractivity contribution in [2.75, 3.05) is 6.61 Å². The highest BCUT2D eigenvalue weighted by molar-refractivity contribution is 5.94. The van der Waals surface area contributed by atoms with E-state index >= 15 is 0 Å². The van der Waals surface area contributed by atoms with Gasteiger partial charge in [-0.25, -0.2) is 0 Å². The van der Waals surface area contributed by atoms with E-state index < -0.39 is 17.6 Å². The Morgan fingerprint density at radius 1 is 1.45 bits per heavy atom. The van der Waals surface area contributed by atoms with Gasteiger partial charge in [-0.05, 0) is 38.0 Å². The number of hydrogen-bond acceptors (Lipinski definition) is 2. The van der Waals surface area contributed by atoms with Gasteiger partial charge in [0.15, 0.2) is 0 Å². The highest BCUT2D eigenvalue weighted by Crippen LogP contribution is 2.29. The Hall–Kier alpha value is -1.56. The molecule has 1 aromatic rings. The Balaban J connectivity index is 2.05. The topological polar surface area (TPSA) is 38.3 Å². The van der Waals surface area contributed by atoms with Gasteiger partial charge in [-0.3, -0.25) is 4.79 Å². The molecule has 0 spiro atoms. The quantitative estimate of drug-likeness (QED) is 0.928. The van der Waals surface area contributed by atoms with Crippen LogP contribution in [0.15, 0.2) is 24.3 Å². The monoisotopic (exact) mass is 287 g/mol. The zero-order valence-corrected chi connectivity index (χ0v) is 11.0. The van der Waals surface area contributed by atoms with E-state index in [-0.39, 0.29) is 17.7 Å². The first-order valence-electron chi connectivity index (χ1n) is 6.47. The molecule has 0 bridgehead atoms. The molecule has 2 atom stereocenters. The third-order valence-electron chi connectivity index (χ3n) is 3.33. The minimum atomic E-state index is -4.45. The molecule has 1 heterocycles. The van der Waals surface area contributed by atoms with Gasteiger partial charge in [0.25, 0.3) is 5.91 Å². The van der Waals surface area contributed by atoms with E-state index in [0.717, 1.165) is 25.0 Å². The lowest BCUT2D eigenvalue weighted by molar-refractivity contribution is -0.137. The summed E-state index contributed by atoms with van der Waals surface area (Å²) in [7, 11) is 0. The lowest BCUT2D eigenvalue weighted by Crippen LogP contribution is -2.40. The SMILES string of the molecule is C[C@@H](NC(=O)c1cccc(C(F)(F)F)c1)[C@H]1CCCO1. The van der Waals surface area contributed by atoms with Gasteiger partial charge in [-0.1, -0.05) is 6.07 Å². The lowest BCUT2D eigenvalue weighted by Gasteiger charge is -2.20. The smallest absolute Gasteiger partial charge is 0.376 e. The Morgan fingerprint density at radius 2 is 2.20 bits per heavy atom. The molecule has 0 saturated carbocycles. The van der Waals surface area contributed by atoms with Crippen LogP contribution in [-0.4, -0.2) is 24.7 Å². The van der Waals surface area contributed by atoms with Crippen molar-refractivity contribution < 1.29 is 22.7 Å². The molecule has 1 aliphatic rings. The van der Waals surface area contributed by atoms with E-state index in [1.54, 1.807) is 6.92 Å². The van der Waals surface area contributed by atoms with Gasteiger partial charge in [0, 0.05) is 12.2 Å². The Bertz CT molecular complexity index is 482. The standard InChI is InChI=1S/C14H16F3NO2/c1-9(12-6-3-7-20-12)18-13(19)10-4-2-5-11(8-10)14(15,16)17/h2,4-5,8-9,12H,3,6-7H2,1H3,(H,18,19)/t9-,12-/m1/s1. The van der Waals surface area contributed by atoms with Crippen LogP contribution in [0.25, 0.3) is 0 Å². The van der Waals surface area contributed by atoms with Crippen molar-refractivity contribution in [3.05, 3.63) is 35.4 Å². The molecule has 110 valence electrons. The highest BCUT2D eigenvalue weighted by atomic mass is 19.4. The van der Waals surface area contributed by atoms with Crippen LogP contribution in [0.3, 0.4) is 0 Å². The largest absolute Gasteiger partial charge is 0.416 e. The normalized spacial score (nSPS) is 20.7. The number of benzene rings is 1. The second kappa shape index (κ2) is 5.83. The summed E-state index contributed by atoms with van der Waals surface area (Å²) in [5.74, 6) is -0.515. The number of rotatable bonds is 3. The molecule has 1 aliphatic heterocycles. The highest BCUT2D eigenvalue weighted by Gasteiger charge is 2.31. The van der Waals surface area contributed by atoms with Crippen LogP contribution in [0.2, 0.25) is 0 Å². The van der Waals surface area contributed by atoms with Crippen molar-refractivity contribution in [3.8, 4) is 0 Å². The minimum absolute atomic E-state index is 0.00433. The molecular formula is C14H16F3NO2. The summed E-state index contributed by atoms with van der Waals surface area (Å²) >= 11 is 0. The number of hydrogen-bond donors (Lipinski definition) is 1. The number of alkyl halides is 3. The molecule has 1 saturated heterocycles. The van der Waals surface area contributed by atoms with Crippen molar-refractivity contribution in [1.82, 2.24) is 5.32 Å². The summed E-state index contributed by atoms with van der Waals surface area (Å²) in [5.41, 5.74) is -0.820. The molecule has 1 amide bonds. The summed E-state index contributed by atoms with van der Waals surface area (Å²) in [6.45, 7) is 2.45. The zero-order chi connectivity index (χ0) is 14.8. The molecule has 1 fully saturated rings. The number of amides is 1. The van der Waals surface area contributed by atoms with Gasteiger partial charge in [0.1, 0.15) is 0 Å². The molecule has 0 radical (unpaired) electrons. The van der Waals surface area contributed by atoms with Crippen LogP contribution in [0.5, 0.6) is 0 Å². The first-order chi connectivity index (χ1) is 9.38. The van der Waals surface area contributed by atoms with Crippen molar-refractivity contribution in [1.29, 1.82) is 0 Å². The number of nitrogens with one attached hydrogen (secondary N) is 1. The van der Waals surface area contributed by atoms with E-state index in [1.165, 1.54) is 12.1 Å². The fourth-order valence-electron chi connectivity index (χ4n) is 2.22. The third-order valence-corrected chi connectivity index (χ3v) is 3.33. The van der Waals surface area contributed by atoms with Crippen molar-refractivity contribution >= 4 is 5.91 Å². The van der Waals surface area contributed by atoms with Gasteiger partial charge < -0.3 is 10.1 Å². The fourth-order valence-corrected chi connectivity index (χ4v) is 2.22. The fraction of sp³-hybridized carbons (Fsp3) is 0.500. The predicted octanol–water partition coefficient (Wildman–Crippen LogP) is 3.00. The molecule has 0 aliphatic carbocycles. The number of carbonyl (C=O) groups excluding carboxylic acids is 1. The maximum absolute atomic E-state index is 12.6. The van der Waals surface area contributed by atoms with Gasteiger partial charge in [-0.2, -0.15) is 13.2 Å². The van der Waals surface area contributed by atoms with Crippen LogP contribution in [0.1, 0.15) is 35.7 Å². The minimum Gasteiger partial charge on any atom is -0.376 e. The summed E-state index contributed by atoms with van der Waals surface area (Å²) in [6, 6.07) is 4.18. The Kier molecular flexibility index (Phi) is 4.32. The van der Waals surface area contributed by atoms with Crippen LogP contribution in [-0.2, 0) is 10.9 Å². The van der Waals surface area contributed by atoms with Crippen molar-refractivity contribution in [3.63, 3.8) is 0 Å². The maximum Gasteiger partial charge on any atom is 0.416 e. The first-order valence-corrected chi connectivity index (χ1v) is 6.47. The second-order valence-corrected chi connectivity index (χ2v) is 4.89. The number of carbonyl (C=O) groups is 1. The molecular weight excluding hydrogens is 271 g/mol. The van der Waals surface area contributed by atoms with E-state index in [9.17, 15) is 18.0 Å². The van der Waals surface area contributed by atoms with Crippen LogP contribution in [0, 0.1) is 0 Å². The molecule has 0 unspecified atom stereocenters. The van der Waals surface area contributed by atoms with E-state index in [2.05, 4.69) is 5.32 Å². The lowest BCUT2D eigenvalue weighted by atomic mass is 10.1. The second-order valence-electron chi connectivity index (χ2n) is 4.89. The summed E-state index contributed by atoms with van der Waals surface area (Å²) < 4.78 is 43.2. The van der Waals surface area contributed by atoms with Crippen LogP contribution in [0.4, 0.5) is 13.2 Å². The van der Waals surface area contributed by atoms with Crippen LogP contribution >= 0.6 is 0 Å². The van der Waals surface area contributed by atoms with E-state index in [4.69, 9.17) is 4.74 Å². The Morgan fingerprint density at radius 3 is 2.80 bits per heavy atom. The zero-order valence-electron chi connectivity index (χ0n) is 11.0. The van der Waals surface area contributed by atoms with Gasteiger partial charge in [0.2, 0.25) is 0 Å². The van der Waals surface area contributed by atoms with Gasteiger partial charge >= 0.3 is 6.18 Å². The molecule has 3 nitrogen and oxygen atoms in total. The van der Waals surface area contributed by atoms with Crippen molar-refractivity contribution in [2.45, 2.75) is 38.1 Å². The average Bonchev–Trinajstić information content (AvgIpc) is 2.91. The first kappa shape index (κ1) is 14.8. The third kappa shape index (κ3) is 3.50. The molecule has 0 aromatic heterocycles. The number of halogens is 3. The Labute approximate surface area is 115 Å². The molecule has 1 N–H and O–H groups in total. The average molecular weight is 287 g/mol. The van der Waals surface area contributed by atoms with E-state index in [1.807, 2.05) is 0 Å². The summed E-state index contributed by atoms with van der Waals surface area (Å²) in [4.78, 5) is 12.0. The molecule has 1 aromatic carbocycles. The van der Waals surface area contributed by atoms with E-state index in [0.29, 0.717) is 6.61 Å². The molecule has 6 heteroatoms. The molecule has 2 rings (SSSR count). The maximum atomic E-state index is 12.6. The van der Waals surface area contributed by atoms with Crippen LogP contribution < -0.4 is 5.32 Å². The summed E-state index contributed by atoms with van der Waals surface area (Å²) in [6.07, 6.45) is -2.72. The van der Waals surface area contributed by atoms with Gasteiger partial charge in [0.05, 0.1) is 17.7 Å². The molecule has 20 heavy (non-hydrogen) atoms. The number of ether oxygens (including phenoxy) is 1. The van der Waals surface area contributed by atoms with Gasteiger partial charge in [-0.15, -0.1) is 0 Å². The predicted molar refractivity (Wildman–Crippen MR) is 67.3 cm³/mol. The van der Waals surface area contributed by atoms with Crippen molar-refractivity contribution in [2.24, 2.45) is 0 Å².